The van der Waals surface area contributed by atoms with E-state index in [1.807, 2.05) is 4.90 Å². The Hall–Kier alpha value is -3.91. The molecule has 12 nitrogen and oxygen atoms in total. The number of rotatable bonds is 10. The van der Waals surface area contributed by atoms with Crippen LogP contribution in [-0.2, 0) is 22.4 Å². The van der Waals surface area contributed by atoms with E-state index in [1.54, 1.807) is 35.9 Å². The molecule has 13 heteroatoms. The Morgan fingerprint density at radius 3 is 2.25 bits per heavy atom. The number of hydrogen-bond donors (Lipinski definition) is 4. The number of pyridine rings is 1. The Bertz CT molecular complexity index is 1360. The molecule has 1 aromatic carbocycles. The van der Waals surface area contributed by atoms with E-state index >= 15 is 0 Å². The number of ether oxygens (including phenoxy) is 1. The summed E-state index contributed by atoms with van der Waals surface area (Å²) in [6.07, 6.45) is 4.15. The first-order chi connectivity index (χ1) is 21.1. The van der Waals surface area contributed by atoms with Crippen molar-refractivity contribution in [2.75, 3.05) is 32.8 Å². The Balaban J connectivity index is 0.000000382. The minimum absolute atomic E-state index is 0.0725. The molecule has 1 unspecified atom stereocenters. The summed E-state index contributed by atoms with van der Waals surface area (Å²) >= 11 is 1.75. The van der Waals surface area contributed by atoms with Gasteiger partial charge in [-0.15, -0.1) is 11.3 Å². The second kappa shape index (κ2) is 15.7. The van der Waals surface area contributed by atoms with E-state index in [-0.39, 0.29) is 5.91 Å². The first-order valence-corrected chi connectivity index (χ1v) is 15.4. The van der Waals surface area contributed by atoms with Crippen molar-refractivity contribution in [3.05, 3.63) is 64.9 Å². The molecule has 3 aromatic rings. The number of amides is 1. The van der Waals surface area contributed by atoms with E-state index in [9.17, 15) is 14.4 Å². The lowest BCUT2D eigenvalue weighted by Gasteiger charge is -2.20. The van der Waals surface area contributed by atoms with Gasteiger partial charge in [-0.25, -0.2) is 14.6 Å². The molecule has 4 heterocycles. The Kier molecular flexibility index (Phi) is 11.8. The number of aliphatic carboxylic acids is 2. The van der Waals surface area contributed by atoms with Crippen LogP contribution in [-0.4, -0.2) is 109 Å². The van der Waals surface area contributed by atoms with Crippen molar-refractivity contribution in [1.82, 2.24) is 19.8 Å². The number of carbonyl (C=O) groups excluding carboxylic acids is 1. The Morgan fingerprint density at radius 1 is 0.977 bits per heavy atom. The summed E-state index contributed by atoms with van der Waals surface area (Å²) in [4.78, 5) is 47.0. The molecule has 2 aliphatic heterocycles. The van der Waals surface area contributed by atoms with Gasteiger partial charge < -0.3 is 35.0 Å². The average Bonchev–Trinajstić information content (AvgIpc) is 3.58. The number of likely N-dealkylation sites (tertiary alicyclic amines) is 1. The lowest BCUT2D eigenvalue weighted by molar-refractivity contribution is -0.165. The van der Waals surface area contributed by atoms with E-state index in [0.29, 0.717) is 12.1 Å². The standard InChI is InChI=1S/C27H32N4O2S.C4H6O6/c1-20-4-2-15-30(20)16-3-19-33-23-7-5-21(6-8-23)26-29-24-11-17-31(18-12-25(24)34-26)27(32)22-9-13-28-14-10-22;5-1(3(7)8)2(6)4(9)10/h5-10,13-14,20H,2-4,11-12,15-19H2,1H3;1-2,5-6H,(H,7,8)(H,9,10)/t;1-,2-/m.1/s1. The van der Waals surface area contributed by atoms with Crippen molar-refractivity contribution < 1.29 is 39.5 Å². The molecular formula is C31H38N4O8S. The zero-order valence-electron chi connectivity index (χ0n) is 24.5. The lowest BCUT2D eigenvalue weighted by atomic mass is 10.2. The van der Waals surface area contributed by atoms with E-state index < -0.39 is 24.1 Å². The molecular weight excluding hydrogens is 588 g/mol. The highest BCUT2D eigenvalue weighted by molar-refractivity contribution is 7.15. The van der Waals surface area contributed by atoms with Gasteiger partial charge in [0.05, 0.1) is 12.3 Å². The summed E-state index contributed by atoms with van der Waals surface area (Å²) in [5.74, 6) is -2.55. The highest BCUT2D eigenvalue weighted by Gasteiger charge is 2.29. The molecule has 236 valence electrons. The quantitative estimate of drug-likeness (QED) is 0.244. The molecule has 0 bridgehead atoms. The fourth-order valence-corrected chi connectivity index (χ4v) is 6.22. The van der Waals surface area contributed by atoms with Crippen molar-refractivity contribution in [2.45, 2.75) is 57.3 Å². The monoisotopic (exact) mass is 626 g/mol. The summed E-state index contributed by atoms with van der Waals surface area (Å²) in [5.41, 5.74) is 2.95. The molecule has 4 N–H and O–H groups in total. The van der Waals surface area contributed by atoms with E-state index in [1.165, 1.54) is 24.3 Å². The van der Waals surface area contributed by atoms with Gasteiger partial charge in [0.2, 0.25) is 0 Å². The number of thiazole rings is 1. The van der Waals surface area contributed by atoms with E-state index in [0.717, 1.165) is 67.0 Å². The van der Waals surface area contributed by atoms with Crippen molar-refractivity contribution in [1.29, 1.82) is 0 Å². The third-order valence-electron chi connectivity index (χ3n) is 7.68. The first kappa shape index (κ1) is 33.0. The summed E-state index contributed by atoms with van der Waals surface area (Å²) in [5, 5.41) is 33.6. The third-order valence-corrected chi connectivity index (χ3v) is 8.88. The summed E-state index contributed by atoms with van der Waals surface area (Å²) in [6, 6.07) is 12.6. The molecule has 0 spiro atoms. The van der Waals surface area contributed by atoms with Crippen molar-refractivity contribution in [2.24, 2.45) is 0 Å². The molecule has 1 amide bonds. The number of nitrogens with zero attached hydrogens (tertiary/aromatic N) is 4. The summed E-state index contributed by atoms with van der Waals surface area (Å²) in [6.45, 7) is 6.84. The molecule has 3 atom stereocenters. The van der Waals surface area contributed by atoms with Gasteiger partial charge in [-0.1, -0.05) is 0 Å². The minimum atomic E-state index is -2.27. The number of aliphatic hydroxyl groups is 2. The molecule has 44 heavy (non-hydrogen) atoms. The first-order valence-electron chi connectivity index (χ1n) is 14.6. The van der Waals surface area contributed by atoms with Crippen LogP contribution in [0.1, 0.15) is 47.1 Å². The molecule has 0 radical (unpaired) electrons. The second-order valence-corrected chi connectivity index (χ2v) is 11.8. The summed E-state index contributed by atoms with van der Waals surface area (Å²) in [7, 11) is 0. The van der Waals surface area contributed by atoms with Gasteiger partial charge in [0, 0.05) is 66.9 Å². The number of aliphatic hydroxyl groups excluding tert-OH is 2. The number of carboxylic acid groups (broad SMARTS) is 2. The average molecular weight is 627 g/mol. The fourth-order valence-electron chi connectivity index (χ4n) is 5.11. The highest BCUT2D eigenvalue weighted by atomic mass is 32.1. The van der Waals surface area contributed by atoms with Crippen LogP contribution in [0.4, 0.5) is 0 Å². The number of hydrogen-bond acceptors (Lipinski definition) is 10. The predicted molar refractivity (Wildman–Crippen MR) is 163 cm³/mol. The van der Waals surface area contributed by atoms with E-state index in [4.69, 9.17) is 30.1 Å². The zero-order valence-corrected chi connectivity index (χ0v) is 25.4. The van der Waals surface area contributed by atoms with Crippen LogP contribution in [0.3, 0.4) is 0 Å². The van der Waals surface area contributed by atoms with Gasteiger partial charge in [0.25, 0.3) is 5.91 Å². The van der Waals surface area contributed by atoms with Crippen LogP contribution >= 0.6 is 11.3 Å². The number of benzene rings is 1. The lowest BCUT2D eigenvalue weighted by Crippen LogP contribution is -2.39. The molecule has 5 rings (SSSR count). The van der Waals surface area contributed by atoms with Gasteiger partial charge in [-0.3, -0.25) is 9.78 Å². The highest BCUT2D eigenvalue weighted by Crippen LogP contribution is 2.31. The number of carbonyl (C=O) groups is 3. The molecule has 1 fully saturated rings. The Labute approximate surface area is 259 Å². The second-order valence-electron chi connectivity index (χ2n) is 10.7. The largest absolute Gasteiger partial charge is 0.494 e. The van der Waals surface area contributed by atoms with Gasteiger partial charge in [-0.05, 0) is 69.1 Å². The number of aromatic nitrogens is 2. The van der Waals surface area contributed by atoms with Gasteiger partial charge in [-0.2, -0.15) is 0 Å². The van der Waals surface area contributed by atoms with Gasteiger partial charge in [0.1, 0.15) is 10.8 Å². The molecule has 0 saturated carbocycles. The van der Waals surface area contributed by atoms with Gasteiger partial charge >= 0.3 is 11.9 Å². The van der Waals surface area contributed by atoms with Crippen LogP contribution in [0.15, 0.2) is 48.8 Å². The van der Waals surface area contributed by atoms with Crippen LogP contribution in [0.25, 0.3) is 10.6 Å². The zero-order chi connectivity index (χ0) is 31.6. The van der Waals surface area contributed by atoms with Crippen molar-refractivity contribution >= 4 is 29.2 Å². The minimum Gasteiger partial charge on any atom is -0.494 e. The molecule has 2 aliphatic rings. The number of carboxylic acids is 2. The SMILES string of the molecule is CC1CCCN1CCCOc1ccc(-c2nc3c(s2)CCN(C(=O)c2ccncc2)CC3)cc1.O=C(O)[C@H](O)[C@@H](O)C(=O)O. The third kappa shape index (κ3) is 8.82. The molecule has 1 saturated heterocycles. The topological polar surface area (TPSA) is 174 Å². The predicted octanol–water partition coefficient (Wildman–Crippen LogP) is 2.58. The van der Waals surface area contributed by atoms with Crippen molar-refractivity contribution in [3.63, 3.8) is 0 Å². The van der Waals surface area contributed by atoms with E-state index in [2.05, 4.69) is 41.1 Å². The maximum Gasteiger partial charge on any atom is 0.335 e. The molecule has 2 aromatic heterocycles. The smallest absolute Gasteiger partial charge is 0.335 e. The van der Waals surface area contributed by atoms with Crippen molar-refractivity contribution in [3.8, 4) is 16.3 Å². The van der Waals surface area contributed by atoms with Crippen LogP contribution in [0, 0.1) is 0 Å². The summed E-state index contributed by atoms with van der Waals surface area (Å²) < 4.78 is 5.98. The normalized spacial score (nSPS) is 17.9. The molecule has 0 aliphatic carbocycles. The number of fused-ring (bicyclic) bond motifs is 1. The van der Waals surface area contributed by atoms with Crippen LogP contribution < -0.4 is 4.74 Å². The fraction of sp³-hybridized carbons (Fsp3) is 0.452. The maximum atomic E-state index is 12.8. The van der Waals surface area contributed by atoms with Gasteiger partial charge in [0.15, 0.2) is 12.2 Å². The maximum absolute atomic E-state index is 12.8. The van der Waals surface area contributed by atoms with Crippen LogP contribution in [0.5, 0.6) is 5.75 Å². The van der Waals surface area contributed by atoms with Crippen LogP contribution in [0.2, 0.25) is 0 Å². The Morgan fingerprint density at radius 2 is 1.64 bits per heavy atom.